The lowest BCUT2D eigenvalue weighted by Crippen LogP contribution is -2.32. The first-order chi connectivity index (χ1) is 7.29. The minimum Gasteiger partial charge on any atom is -0.338 e. The molecular weight excluding hydrogens is 190 g/mol. The van der Waals surface area contributed by atoms with Crippen molar-refractivity contribution in [2.45, 2.75) is 52.1 Å². The average molecular weight is 209 g/mol. The molecule has 1 heterocycles. The molecule has 0 atom stereocenters. The molecule has 1 aromatic rings. The van der Waals surface area contributed by atoms with Crippen molar-refractivity contribution in [1.82, 2.24) is 15.0 Å². The molecular formula is C11H19N3O. The molecule has 0 amide bonds. The fraction of sp³-hybridized carbons (Fsp3) is 0.818. The third-order valence-corrected chi connectivity index (χ3v) is 3.16. The zero-order valence-electron chi connectivity index (χ0n) is 9.57. The van der Waals surface area contributed by atoms with Crippen LogP contribution in [0, 0.1) is 6.92 Å². The fourth-order valence-corrected chi connectivity index (χ4v) is 2.35. The van der Waals surface area contributed by atoms with Gasteiger partial charge in [-0.1, -0.05) is 24.9 Å². The lowest BCUT2D eigenvalue weighted by molar-refractivity contribution is 0.175. The quantitative estimate of drug-likeness (QED) is 0.762. The zero-order chi connectivity index (χ0) is 10.7. The van der Waals surface area contributed by atoms with Crippen LogP contribution in [0.5, 0.6) is 0 Å². The Bertz CT molecular complexity index is 305. The van der Waals surface area contributed by atoms with Crippen LogP contribution in [0.3, 0.4) is 0 Å². The topological polar surface area (TPSA) is 42.2 Å². The first kappa shape index (κ1) is 10.6. The number of aromatic nitrogens is 2. The molecule has 84 valence electrons. The first-order valence-corrected chi connectivity index (χ1v) is 5.83. The Kier molecular flexibility index (Phi) is 3.36. The molecule has 0 unspecified atom stereocenters. The summed E-state index contributed by atoms with van der Waals surface area (Å²) < 4.78 is 5.15. The summed E-state index contributed by atoms with van der Waals surface area (Å²) in [5, 5.41) is 3.82. The summed E-state index contributed by atoms with van der Waals surface area (Å²) in [7, 11) is 0. The standard InChI is InChI=1S/C11H19N3O/c1-3-14(10-6-4-5-7-10)8-11-12-9(2)13-15-11/h10H,3-8H2,1-2H3. The Morgan fingerprint density at radius 3 is 2.67 bits per heavy atom. The Labute approximate surface area is 90.7 Å². The number of hydrogen-bond donors (Lipinski definition) is 0. The van der Waals surface area contributed by atoms with Gasteiger partial charge in [0.2, 0.25) is 5.89 Å². The van der Waals surface area contributed by atoms with Crippen molar-refractivity contribution in [3.63, 3.8) is 0 Å². The van der Waals surface area contributed by atoms with E-state index in [4.69, 9.17) is 4.52 Å². The maximum atomic E-state index is 5.15. The average Bonchev–Trinajstić information content (AvgIpc) is 2.85. The zero-order valence-corrected chi connectivity index (χ0v) is 9.57. The van der Waals surface area contributed by atoms with Crippen LogP contribution >= 0.6 is 0 Å². The monoisotopic (exact) mass is 209 g/mol. The van der Waals surface area contributed by atoms with Crippen LogP contribution in [-0.4, -0.2) is 27.6 Å². The van der Waals surface area contributed by atoms with Gasteiger partial charge in [0, 0.05) is 6.04 Å². The molecule has 0 bridgehead atoms. The van der Waals surface area contributed by atoms with Crippen LogP contribution < -0.4 is 0 Å². The number of hydrogen-bond acceptors (Lipinski definition) is 4. The normalized spacial score (nSPS) is 17.8. The van der Waals surface area contributed by atoms with Gasteiger partial charge < -0.3 is 4.52 Å². The minimum atomic E-state index is 0.724. The van der Waals surface area contributed by atoms with E-state index in [2.05, 4.69) is 22.0 Å². The van der Waals surface area contributed by atoms with Crippen molar-refractivity contribution in [2.24, 2.45) is 0 Å². The lowest BCUT2D eigenvalue weighted by atomic mass is 10.2. The van der Waals surface area contributed by atoms with Crippen LogP contribution in [0.2, 0.25) is 0 Å². The maximum absolute atomic E-state index is 5.15. The number of nitrogens with zero attached hydrogens (tertiary/aromatic N) is 3. The van der Waals surface area contributed by atoms with Gasteiger partial charge in [-0.3, -0.25) is 4.90 Å². The van der Waals surface area contributed by atoms with Gasteiger partial charge in [0.25, 0.3) is 0 Å². The summed E-state index contributed by atoms with van der Waals surface area (Å²) in [5.41, 5.74) is 0. The summed E-state index contributed by atoms with van der Waals surface area (Å²) in [6.45, 7) is 5.93. The smallest absolute Gasteiger partial charge is 0.240 e. The number of rotatable bonds is 4. The second kappa shape index (κ2) is 4.75. The first-order valence-electron chi connectivity index (χ1n) is 5.83. The van der Waals surface area contributed by atoms with Gasteiger partial charge in [-0.15, -0.1) is 0 Å². The van der Waals surface area contributed by atoms with Crippen molar-refractivity contribution < 1.29 is 4.52 Å². The maximum Gasteiger partial charge on any atom is 0.240 e. The molecule has 4 nitrogen and oxygen atoms in total. The molecule has 15 heavy (non-hydrogen) atoms. The molecule has 1 aromatic heterocycles. The second-order valence-corrected chi connectivity index (χ2v) is 4.24. The molecule has 0 aliphatic heterocycles. The molecule has 0 aromatic carbocycles. The highest BCUT2D eigenvalue weighted by Crippen LogP contribution is 2.24. The van der Waals surface area contributed by atoms with E-state index in [0.717, 1.165) is 30.8 Å². The SMILES string of the molecule is CCN(Cc1nc(C)no1)C1CCCC1. The highest BCUT2D eigenvalue weighted by atomic mass is 16.5. The summed E-state index contributed by atoms with van der Waals surface area (Å²) in [5.74, 6) is 1.48. The molecule has 1 saturated carbocycles. The molecule has 0 radical (unpaired) electrons. The summed E-state index contributed by atoms with van der Waals surface area (Å²) in [6.07, 6.45) is 5.37. The Morgan fingerprint density at radius 1 is 1.40 bits per heavy atom. The highest BCUT2D eigenvalue weighted by Gasteiger charge is 2.22. The van der Waals surface area contributed by atoms with E-state index in [1.54, 1.807) is 0 Å². The van der Waals surface area contributed by atoms with E-state index in [1.807, 2.05) is 6.92 Å². The minimum absolute atomic E-state index is 0.724. The van der Waals surface area contributed by atoms with Crippen molar-refractivity contribution in [2.75, 3.05) is 6.54 Å². The van der Waals surface area contributed by atoms with Crippen molar-refractivity contribution >= 4 is 0 Å². The van der Waals surface area contributed by atoms with Gasteiger partial charge in [0.05, 0.1) is 6.54 Å². The Hall–Kier alpha value is -0.900. The van der Waals surface area contributed by atoms with Crippen molar-refractivity contribution in [3.05, 3.63) is 11.7 Å². The van der Waals surface area contributed by atoms with Gasteiger partial charge >= 0.3 is 0 Å². The third kappa shape index (κ3) is 2.56. The van der Waals surface area contributed by atoms with Crippen molar-refractivity contribution in [3.8, 4) is 0 Å². The van der Waals surface area contributed by atoms with Crippen molar-refractivity contribution in [1.29, 1.82) is 0 Å². The summed E-state index contributed by atoms with van der Waals surface area (Å²) in [4.78, 5) is 6.69. The summed E-state index contributed by atoms with van der Waals surface area (Å²) in [6, 6.07) is 0.724. The van der Waals surface area contributed by atoms with Gasteiger partial charge in [-0.2, -0.15) is 4.98 Å². The van der Waals surface area contributed by atoms with E-state index in [9.17, 15) is 0 Å². The fourth-order valence-electron chi connectivity index (χ4n) is 2.35. The molecule has 0 saturated heterocycles. The molecule has 0 spiro atoms. The predicted octanol–water partition coefficient (Wildman–Crippen LogP) is 2.14. The summed E-state index contributed by atoms with van der Waals surface area (Å²) >= 11 is 0. The Morgan fingerprint density at radius 2 is 2.13 bits per heavy atom. The molecule has 1 aliphatic carbocycles. The third-order valence-electron chi connectivity index (χ3n) is 3.16. The van der Waals surface area contributed by atoms with Gasteiger partial charge in [0.15, 0.2) is 5.82 Å². The van der Waals surface area contributed by atoms with Gasteiger partial charge in [-0.25, -0.2) is 0 Å². The largest absolute Gasteiger partial charge is 0.338 e. The van der Waals surface area contributed by atoms with Gasteiger partial charge in [0.1, 0.15) is 0 Å². The number of aryl methyl sites for hydroxylation is 1. The molecule has 1 fully saturated rings. The van der Waals surface area contributed by atoms with Crippen LogP contribution in [0.15, 0.2) is 4.52 Å². The van der Waals surface area contributed by atoms with Gasteiger partial charge in [-0.05, 0) is 26.3 Å². The van der Waals surface area contributed by atoms with E-state index >= 15 is 0 Å². The van der Waals surface area contributed by atoms with Crippen LogP contribution in [-0.2, 0) is 6.54 Å². The van der Waals surface area contributed by atoms with Crippen LogP contribution in [0.4, 0.5) is 0 Å². The van der Waals surface area contributed by atoms with E-state index < -0.39 is 0 Å². The molecule has 0 N–H and O–H groups in total. The lowest BCUT2D eigenvalue weighted by Gasteiger charge is -2.25. The second-order valence-electron chi connectivity index (χ2n) is 4.24. The van der Waals surface area contributed by atoms with Crippen LogP contribution in [0.25, 0.3) is 0 Å². The highest BCUT2D eigenvalue weighted by molar-refractivity contribution is 4.85. The molecule has 4 heteroatoms. The predicted molar refractivity (Wildman–Crippen MR) is 57.4 cm³/mol. The van der Waals surface area contributed by atoms with E-state index in [1.165, 1.54) is 25.7 Å². The van der Waals surface area contributed by atoms with E-state index in [0.29, 0.717) is 0 Å². The molecule has 1 aliphatic rings. The van der Waals surface area contributed by atoms with E-state index in [-0.39, 0.29) is 0 Å². The van der Waals surface area contributed by atoms with Crippen LogP contribution in [0.1, 0.15) is 44.3 Å². The molecule has 2 rings (SSSR count). The Balaban J connectivity index is 1.95.